The number of hydrogen-bond acceptors (Lipinski definition) is 3. The minimum atomic E-state index is -0.707. The Bertz CT molecular complexity index is 353. The molecule has 1 saturated carbocycles. The molecule has 1 aliphatic carbocycles. The SMILES string of the molecule is CSCCCN1C(=O)C(C2CC2)NC(=O)C1(C)C. The van der Waals surface area contributed by atoms with Crippen LogP contribution in [0, 0.1) is 5.92 Å². The van der Waals surface area contributed by atoms with Gasteiger partial charge in [-0.3, -0.25) is 9.59 Å². The Kier molecular flexibility index (Phi) is 3.90. The summed E-state index contributed by atoms with van der Waals surface area (Å²) in [6, 6.07) is -0.264. The summed E-state index contributed by atoms with van der Waals surface area (Å²) in [5, 5.41) is 2.90. The lowest BCUT2D eigenvalue weighted by atomic mass is 9.94. The highest BCUT2D eigenvalue weighted by molar-refractivity contribution is 7.98. The highest BCUT2D eigenvalue weighted by Gasteiger charge is 2.50. The molecule has 1 heterocycles. The normalized spacial score (nSPS) is 27.3. The molecule has 1 saturated heterocycles. The van der Waals surface area contributed by atoms with E-state index in [0.717, 1.165) is 25.0 Å². The molecule has 0 radical (unpaired) electrons. The molecule has 2 rings (SSSR count). The number of amides is 2. The Morgan fingerprint density at radius 1 is 1.39 bits per heavy atom. The molecule has 0 spiro atoms. The largest absolute Gasteiger partial charge is 0.342 e. The zero-order chi connectivity index (χ0) is 13.3. The molecule has 18 heavy (non-hydrogen) atoms. The third-order valence-corrected chi connectivity index (χ3v) is 4.57. The fraction of sp³-hybridized carbons (Fsp3) is 0.846. The van der Waals surface area contributed by atoms with Crippen molar-refractivity contribution >= 4 is 23.6 Å². The lowest BCUT2D eigenvalue weighted by Crippen LogP contribution is -2.69. The fourth-order valence-corrected chi connectivity index (χ4v) is 2.87. The quantitative estimate of drug-likeness (QED) is 0.765. The minimum absolute atomic E-state index is 0.0110. The van der Waals surface area contributed by atoms with Crippen LogP contribution in [0.2, 0.25) is 0 Å². The van der Waals surface area contributed by atoms with E-state index in [2.05, 4.69) is 11.6 Å². The molecular formula is C13H22N2O2S. The summed E-state index contributed by atoms with van der Waals surface area (Å²) in [6.45, 7) is 4.36. The smallest absolute Gasteiger partial charge is 0.246 e. The number of carbonyl (C=O) groups is 2. The highest BCUT2D eigenvalue weighted by Crippen LogP contribution is 2.36. The second-order valence-electron chi connectivity index (χ2n) is 5.68. The maximum atomic E-state index is 12.5. The van der Waals surface area contributed by atoms with Gasteiger partial charge in [0.2, 0.25) is 11.8 Å². The van der Waals surface area contributed by atoms with Gasteiger partial charge in [0.05, 0.1) is 0 Å². The van der Waals surface area contributed by atoms with Crippen LogP contribution in [0.5, 0.6) is 0 Å². The van der Waals surface area contributed by atoms with E-state index in [1.165, 1.54) is 0 Å². The standard InChI is InChI=1S/C13H22N2O2S/c1-13(2)12(17)14-10(9-5-6-9)11(16)15(13)7-4-8-18-3/h9-10H,4-8H2,1-3H3,(H,14,17). The molecule has 1 aliphatic heterocycles. The first-order valence-electron chi connectivity index (χ1n) is 6.60. The van der Waals surface area contributed by atoms with Gasteiger partial charge in [0.25, 0.3) is 0 Å². The van der Waals surface area contributed by atoms with Crippen molar-refractivity contribution in [3.8, 4) is 0 Å². The van der Waals surface area contributed by atoms with E-state index in [0.29, 0.717) is 12.5 Å². The monoisotopic (exact) mass is 270 g/mol. The van der Waals surface area contributed by atoms with Gasteiger partial charge in [-0.1, -0.05) is 0 Å². The number of carbonyl (C=O) groups excluding carboxylic acids is 2. The third-order valence-electron chi connectivity index (χ3n) is 3.87. The lowest BCUT2D eigenvalue weighted by Gasteiger charge is -2.44. The highest BCUT2D eigenvalue weighted by atomic mass is 32.2. The molecule has 4 nitrogen and oxygen atoms in total. The number of piperazine rings is 1. The van der Waals surface area contributed by atoms with Crippen molar-refractivity contribution in [2.45, 2.75) is 44.7 Å². The van der Waals surface area contributed by atoms with Gasteiger partial charge >= 0.3 is 0 Å². The van der Waals surface area contributed by atoms with Crippen LogP contribution in [-0.4, -0.2) is 46.8 Å². The van der Waals surface area contributed by atoms with E-state index in [4.69, 9.17) is 0 Å². The van der Waals surface area contributed by atoms with Crippen molar-refractivity contribution < 1.29 is 9.59 Å². The van der Waals surface area contributed by atoms with Crippen LogP contribution in [0.25, 0.3) is 0 Å². The molecule has 1 unspecified atom stereocenters. The zero-order valence-corrected chi connectivity index (χ0v) is 12.2. The lowest BCUT2D eigenvalue weighted by molar-refractivity contribution is -0.155. The van der Waals surface area contributed by atoms with Crippen molar-refractivity contribution in [1.29, 1.82) is 0 Å². The molecule has 0 bridgehead atoms. The van der Waals surface area contributed by atoms with Gasteiger partial charge in [-0.15, -0.1) is 0 Å². The van der Waals surface area contributed by atoms with Crippen molar-refractivity contribution in [3.63, 3.8) is 0 Å². The number of thioether (sulfide) groups is 1. The zero-order valence-electron chi connectivity index (χ0n) is 11.4. The first-order chi connectivity index (χ1) is 8.48. The third kappa shape index (κ3) is 2.51. The van der Waals surface area contributed by atoms with Gasteiger partial charge in [0.15, 0.2) is 0 Å². The first-order valence-corrected chi connectivity index (χ1v) is 7.99. The maximum Gasteiger partial charge on any atom is 0.246 e. The number of rotatable bonds is 5. The van der Waals surface area contributed by atoms with Crippen LogP contribution in [-0.2, 0) is 9.59 Å². The second kappa shape index (κ2) is 5.11. The van der Waals surface area contributed by atoms with E-state index in [9.17, 15) is 9.59 Å². The number of hydrogen-bond donors (Lipinski definition) is 1. The topological polar surface area (TPSA) is 49.4 Å². The van der Waals surface area contributed by atoms with Crippen LogP contribution in [0.4, 0.5) is 0 Å². The Hall–Kier alpha value is -0.710. The van der Waals surface area contributed by atoms with E-state index >= 15 is 0 Å². The Labute approximate surface area is 113 Å². The fourth-order valence-electron chi connectivity index (χ4n) is 2.45. The average molecular weight is 270 g/mol. The van der Waals surface area contributed by atoms with Gasteiger partial charge in [-0.2, -0.15) is 11.8 Å². The van der Waals surface area contributed by atoms with Crippen molar-refractivity contribution in [3.05, 3.63) is 0 Å². The van der Waals surface area contributed by atoms with Crippen LogP contribution >= 0.6 is 11.8 Å². The molecule has 1 N–H and O–H groups in total. The first kappa shape index (κ1) is 13.7. The maximum absolute atomic E-state index is 12.5. The molecule has 2 amide bonds. The van der Waals surface area contributed by atoms with E-state index < -0.39 is 5.54 Å². The van der Waals surface area contributed by atoms with Crippen molar-refractivity contribution in [2.24, 2.45) is 5.92 Å². The second-order valence-corrected chi connectivity index (χ2v) is 6.67. The van der Waals surface area contributed by atoms with Gasteiger partial charge < -0.3 is 10.2 Å². The molecule has 0 aromatic heterocycles. The molecule has 2 fully saturated rings. The summed E-state index contributed by atoms with van der Waals surface area (Å²) < 4.78 is 0. The molecule has 0 aromatic rings. The van der Waals surface area contributed by atoms with E-state index in [1.54, 1.807) is 16.7 Å². The average Bonchev–Trinajstić information content (AvgIpc) is 3.12. The van der Waals surface area contributed by atoms with Crippen LogP contribution in [0.3, 0.4) is 0 Å². The predicted octanol–water partition coefficient (Wildman–Crippen LogP) is 1.26. The van der Waals surface area contributed by atoms with Crippen molar-refractivity contribution in [2.75, 3.05) is 18.6 Å². The molecular weight excluding hydrogens is 248 g/mol. The number of nitrogens with one attached hydrogen (secondary N) is 1. The van der Waals surface area contributed by atoms with Crippen molar-refractivity contribution in [1.82, 2.24) is 10.2 Å². The molecule has 2 aliphatic rings. The Morgan fingerprint density at radius 3 is 2.61 bits per heavy atom. The van der Waals surface area contributed by atoms with Crippen LogP contribution in [0.15, 0.2) is 0 Å². The van der Waals surface area contributed by atoms with Gasteiger partial charge in [0, 0.05) is 6.54 Å². The molecule has 0 aromatic carbocycles. The van der Waals surface area contributed by atoms with Crippen LogP contribution < -0.4 is 5.32 Å². The molecule has 1 atom stereocenters. The Morgan fingerprint density at radius 2 is 2.06 bits per heavy atom. The van der Waals surface area contributed by atoms with E-state index in [-0.39, 0.29) is 17.9 Å². The van der Waals surface area contributed by atoms with Gasteiger partial charge in [0.1, 0.15) is 11.6 Å². The van der Waals surface area contributed by atoms with E-state index in [1.807, 2.05) is 13.8 Å². The summed E-state index contributed by atoms with van der Waals surface area (Å²) in [4.78, 5) is 26.4. The number of nitrogens with zero attached hydrogens (tertiary/aromatic N) is 1. The van der Waals surface area contributed by atoms with Gasteiger partial charge in [-0.05, 0) is 51.0 Å². The molecule has 102 valence electrons. The summed E-state index contributed by atoms with van der Waals surface area (Å²) in [5.74, 6) is 1.50. The summed E-state index contributed by atoms with van der Waals surface area (Å²) >= 11 is 1.77. The summed E-state index contributed by atoms with van der Waals surface area (Å²) in [5.41, 5.74) is -0.707. The predicted molar refractivity (Wildman–Crippen MR) is 73.4 cm³/mol. The molecule has 5 heteroatoms. The Balaban J connectivity index is 2.09. The minimum Gasteiger partial charge on any atom is -0.342 e. The van der Waals surface area contributed by atoms with Gasteiger partial charge in [-0.25, -0.2) is 0 Å². The van der Waals surface area contributed by atoms with Crippen LogP contribution in [0.1, 0.15) is 33.1 Å². The summed E-state index contributed by atoms with van der Waals surface area (Å²) in [7, 11) is 0. The summed E-state index contributed by atoms with van der Waals surface area (Å²) in [6.07, 6.45) is 5.13.